The lowest BCUT2D eigenvalue weighted by atomic mass is 10.2. The molecule has 7 heteroatoms. The summed E-state index contributed by atoms with van der Waals surface area (Å²) in [6.45, 7) is 3.15. The quantitative estimate of drug-likeness (QED) is 0.345. The minimum atomic E-state index is -0.228. The topological polar surface area (TPSA) is 74.6 Å². The number of imidazole rings is 1. The maximum atomic E-state index is 12.3. The summed E-state index contributed by atoms with van der Waals surface area (Å²) in [7, 11) is 3.52. The van der Waals surface area contributed by atoms with Crippen molar-refractivity contribution >= 4 is 17.7 Å². The average Bonchev–Trinajstić information content (AvgIpc) is 3.22. The van der Waals surface area contributed by atoms with Gasteiger partial charge in [0, 0.05) is 31.2 Å². The molecule has 0 aliphatic rings. The Labute approximate surface area is 188 Å². The minimum absolute atomic E-state index is 0.228. The third-order valence-corrected chi connectivity index (χ3v) is 4.78. The molecule has 3 rings (SSSR count). The van der Waals surface area contributed by atoms with Gasteiger partial charge in [-0.2, -0.15) is 0 Å². The lowest BCUT2D eigenvalue weighted by molar-refractivity contribution is -0.111. The van der Waals surface area contributed by atoms with E-state index in [9.17, 15) is 4.79 Å². The summed E-state index contributed by atoms with van der Waals surface area (Å²) >= 11 is 0. The molecule has 0 atom stereocenters. The summed E-state index contributed by atoms with van der Waals surface area (Å²) in [6, 6.07) is 12.8. The Bertz CT molecular complexity index is 1040. The van der Waals surface area contributed by atoms with Gasteiger partial charge in [-0.3, -0.25) is 4.79 Å². The highest BCUT2D eigenvalue weighted by Gasteiger charge is 2.06. The van der Waals surface area contributed by atoms with Crippen LogP contribution in [0.4, 0.5) is 5.69 Å². The Kier molecular flexibility index (Phi) is 8.31. The zero-order valence-electron chi connectivity index (χ0n) is 18.7. The summed E-state index contributed by atoms with van der Waals surface area (Å²) in [5.41, 5.74) is 1.53. The van der Waals surface area contributed by atoms with Crippen molar-refractivity contribution < 1.29 is 19.0 Å². The van der Waals surface area contributed by atoms with Crippen LogP contribution >= 0.6 is 0 Å². The second-order valence-corrected chi connectivity index (χ2v) is 7.20. The number of nitrogens with zero attached hydrogens (tertiary/aromatic N) is 2. The molecule has 0 fully saturated rings. The Morgan fingerprint density at radius 3 is 2.62 bits per heavy atom. The monoisotopic (exact) mass is 435 g/mol. The number of nitrogens with one attached hydrogen (secondary N) is 1. The minimum Gasteiger partial charge on any atom is -0.493 e. The van der Waals surface area contributed by atoms with E-state index >= 15 is 0 Å². The summed E-state index contributed by atoms with van der Waals surface area (Å²) in [4.78, 5) is 16.5. The van der Waals surface area contributed by atoms with E-state index in [0.717, 1.165) is 24.2 Å². The van der Waals surface area contributed by atoms with E-state index in [2.05, 4.69) is 17.2 Å². The number of anilines is 1. The van der Waals surface area contributed by atoms with Crippen molar-refractivity contribution in [2.75, 3.05) is 19.0 Å². The number of methoxy groups -OCH3 is 1. The SMILES string of the molecule is CCCCOc1ccc(/C=C/C(=O)Nc2ccc(OCc3nccn3C)cc2)cc1OC. The first kappa shape index (κ1) is 22.9. The van der Waals surface area contributed by atoms with Crippen LogP contribution < -0.4 is 19.5 Å². The molecule has 32 heavy (non-hydrogen) atoms. The number of aryl methyl sites for hydroxylation is 1. The molecular formula is C25H29N3O4. The predicted molar refractivity (Wildman–Crippen MR) is 125 cm³/mol. The van der Waals surface area contributed by atoms with E-state index < -0.39 is 0 Å². The van der Waals surface area contributed by atoms with Crippen LogP contribution in [-0.2, 0) is 18.4 Å². The second kappa shape index (κ2) is 11.6. The van der Waals surface area contributed by atoms with Crippen molar-refractivity contribution in [3.63, 3.8) is 0 Å². The van der Waals surface area contributed by atoms with Crippen molar-refractivity contribution in [2.45, 2.75) is 26.4 Å². The van der Waals surface area contributed by atoms with Crippen LogP contribution in [0.5, 0.6) is 17.2 Å². The van der Waals surface area contributed by atoms with E-state index in [1.165, 1.54) is 6.08 Å². The maximum absolute atomic E-state index is 12.3. The molecule has 1 aromatic heterocycles. The number of carbonyl (C=O) groups excluding carboxylic acids is 1. The summed E-state index contributed by atoms with van der Waals surface area (Å²) in [5.74, 6) is 2.66. The molecule has 0 aliphatic heterocycles. The third kappa shape index (κ3) is 6.63. The lowest BCUT2D eigenvalue weighted by Gasteiger charge is -2.11. The lowest BCUT2D eigenvalue weighted by Crippen LogP contribution is -2.07. The molecule has 168 valence electrons. The van der Waals surface area contributed by atoms with E-state index in [0.29, 0.717) is 36.1 Å². The molecule has 0 saturated carbocycles. The van der Waals surface area contributed by atoms with Gasteiger partial charge in [-0.25, -0.2) is 4.98 Å². The highest BCUT2D eigenvalue weighted by molar-refractivity contribution is 6.01. The summed E-state index contributed by atoms with van der Waals surface area (Å²) in [5, 5.41) is 2.84. The van der Waals surface area contributed by atoms with Gasteiger partial charge in [-0.1, -0.05) is 19.4 Å². The number of aromatic nitrogens is 2. The van der Waals surface area contributed by atoms with Gasteiger partial charge in [-0.15, -0.1) is 0 Å². The first-order chi connectivity index (χ1) is 15.6. The fourth-order valence-electron chi connectivity index (χ4n) is 2.91. The van der Waals surface area contributed by atoms with E-state index in [-0.39, 0.29) is 5.91 Å². The molecule has 7 nitrogen and oxygen atoms in total. The van der Waals surface area contributed by atoms with Crippen molar-refractivity contribution in [1.82, 2.24) is 9.55 Å². The van der Waals surface area contributed by atoms with Crippen LogP contribution in [0.2, 0.25) is 0 Å². The van der Waals surface area contributed by atoms with Crippen molar-refractivity contribution in [3.8, 4) is 17.2 Å². The highest BCUT2D eigenvalue weighted by atomic mass is 16.5. The van der Waals surface area contributed by atoms with Crippen LogP contribution in [0.15, 0.2) is 60.9 Å². The number of rotatable bonds is 11. The molecule has 1 heterocycles. The van der Waals surface area contributed by atoms with Gasteiger partial charge >= 0.3 is 0 Å². The smallest absolute Gasteiger partial charge is 0.248 e. The van der Waals surface area contributed by atoms with Gasteiger partial charge in [0.2, 0.25) is 5.91 Å². The fourth-order valence-corrected chi connectivity index (χ4v) is 2.91. The maximum Gasteiger partial charge on any atom is 0.248 e. The summed E-state index contributed by atoms with van der Waals surface area (Å²) < 4.78 is 18.8. The number of hydrogen-bond donors (Lipinski definition) is 1. The van der Waals surface area contributed by atoms with Gasteiger partial charge in [-0.05, 0) is 54.5 Å². The van der Waals surface area contributed by atoms with Crippen molar-refractivity contribution in [1.29, 1.82) is 0 Å². The largest absolute Gasteiger partial charge is 0.493 e. The first-order valence-corrected chi connectivity index (χ1v) is 10.6. The summed E-state index contributed by atoms with van der Waals surface area (Å²) in [6.07, 6.45) is 8.88. The van der Waals surface area contributed by atoms with Crippen LogP contribution in [0, 0.1) is 0 Å². The number of amides is 1. The second-order valence-electron chi connectivity index (χ2n) is 7.20. The van der Waals surface area contributed by atoms with Crippen LogP contribution in [-0.4, -0.2) is 29.2 Å². The van der Waals surface area contributed by atoms with Crippen LogP contribution in [0.3, 0.4) is 0 Å². The predicted octanol–water partition coefficient (Wildman–Crippen LogP) is 4.84. The Morgan fingerprint density at radius 1 is 1.12 bits per heavy atom. The Hall–Kier alpha value is -3.74. The fraction of sp³-hybridized carbons (Fsp3) is 0.280. The van der Waals surface area contributed by atoms with E-state index in [4.69, 9.17) is 14.2 Å². The van der Waals surface area contributed by atoms with Gasteiger partial charge in [0.25, 0.3) is 0 Å². The molecule has 0 aliphatic carbocycles. The number of carbonyl (C=O) groups is 1. The first-order valence-electron chi connectivity index (χ1n) is 10.6. The molecule has 0 spiro atoms. The van der Waals surface area contributed by atoms with Gasteiger partial charge in [0.05, 0.1) is 13.7 Å². The molecule has 1 amide bonds. The average molecular weight is 436 g/mol. The van der Waals surface area contributed by atoms with Crippen LogP contribution in [0.25, 0.3) is 6.08 Å². The van der Waals surface area contributed by atoms with E-state index in [1.54, 1.807) is 31.5 Å². The van der Waals surface area contributed by atoms with Gasteiger partial charge in [0.1, 0.15) is 18.2 Å². The zero-order chi connectivity index (χ0) is 22.8. The van der Waals surface area contributed by atoms with Crippen LogP contribution in [0.1, 0.15) is 31.2 Å². The highest BCUT2D eigenvalue weighted by Crippen LogP contribution is 2.28. The third-order valence-electron chi connectivity index (χ3n) is 4.78. The standard InChI is InChI=1S/C25H29N3O4/c1-4-5-16-31-22-12-6-19(17-23(22)30-3)7-13-25(29)27-20-8-10-21(11-9-20)32-18-24-26-14-15-28(24)2/h6-15,17H,4-5,16,18H2,1-3H3,(H,27,29)/b13-7+. The van der Waals surface area contributed by atoms with Gasteiger partial charge in [0.15, 0.2) is 11.5 Å². The van der Waals surface area contributed by atoms with E-state index in [1.807, 2.05) is 48.1 Å². The molecule has 3 aromatic rings. The van der Waals surface area contributed by atoms with Crippen molar-refractivity contribution in [2.24, 2.45) is 7.05 Å². The molecule has 0 saturated heterocycles. The van der Waals surface area contributed by atoms with Crippen molar-refractivity contribution in [3.05, 3.63) is 72.3 Å². The number of benzene rings is 2. The molecule has 0 unspecified atom stereocenters. The zero-order valence-corrected chi connectivity index (χ0v) is 18.7. The Morgan fingerprint density at radius 2 is 1.94 bits per heavy atom. The van der Waals surface area contributed by atoms with Gasteiger partial charge < -0.3 is 24.1 Å². The molecule has 1 N–H and O–H groups in total. The normalized spacial score (nSPS) is 10.8. The molecule has 0 bridgehead atoms. The number of ether oxygens (including phenoxy) is 3. The molecule has 2 aromatic carbocycles. The molecular weight excluding hydrogens is 406 g/mol. The number of hydrogen-bond acceptors (Lipinski definition) is 5. The molecule has 0 radical (unpaired) electrons. The Balaban J connectivity index is 1.52. The number of unbranched alkanes of at least 4 members (excludes halogenated alkanes) is 1.